The van der Waals surface area contributed by atoms with Crippen molar-refractivity contribution in [2.24, 2.45) is 5.92 Å². The van der Waals surface area contributed by atoms with Crippen LogP contribution in [0.2, 0.25) is 0 Å². The second-order valence-corrected chi connectivity index (χ2v) is 6.16. The molecule has 8 nitrogen and oxygen atoms in total. The zero-order chi connectivity index (χ0) is 17.0. The number of nitrogens with one attached hydrogen (secondary N) is 1. The molecule has 1 aliphatic heterocycles. The highest BCUT2D eigenvalue weighted by Crippen LogP contribution is 2.18. The number of carboxylic acids is 1. The normalized spacial score (nSPS) is 16.6. The predicted octanol–water partition coefficient (Wildman–Crippen LogP) is 0.666. The Hall–Kier alpha value is -2.38. The summed E-state index contributed by atoms with van der Waals surface area (Å²) >= 11 is 0. The molecule has 0 spiro atoms. The lowest BCUT2D eigenvalue weighted by molar-refractivity contribution is -0.138. The number of amides is 1. The quantitative estimate of drug-likeness (QED) is 0.794. The summed E-state index contributed by atoms with van der Waals surface area (Å²) in [7, 11) is 1.77. The number of aliphatic carboxylic acids is 1. The number of nitrogens with zero attached hydrogens (tertiary/aromatic N) is 4. The van der Waals surface area contributed by atoms with Gasteiger partial charge >= 0.3 is 5.97 Å². The van der Waals surface area contributed by atoms with Crippen molar-refractivity contribution in [2.75, 3.05) is 36.9 Å². The lowest BCUT2D eigenvalue weighted by Gasteiger charge is -2.32. The molecular weight excluding hydrogens is 298 g/mol. The third-order valence-electron chi connectivity index (χ3n) is 3.76. The van der Waals surface area contributed by atoms with Crippen LogP contribution >= 0.6 is 0 Å². The number of aromatic nitrogens is 2. The van der Waals surface area contributed by atoms with Crippen molar-refractivity contribution in [3.05, 3.63) is 12.4 Å². The molecule has 1 amide bonds. The van der Waals surface area contributed by atoms with Crippen LogP contribution in [0, 0.1) is 5.92 Å². The van der Waals surface area contributed by atoms with Crippen molar-refractivity contribution in [2.45, 2.75) is 26.3 Å². The molecule has 0 unspecified atom stereocenters. The second kappa shape index (κ2) is 7.26. The van der Waals surface area contributed by atoms with Gasteiger partial charge in [-0.2, -0.15) is 0 Å². The SMILES string of the molecule is CC(C)C[C@@H](Nc1cc(N2CCN(C)C(=O)C2)ncn1)C(=O)O. The van der Waals surface area contributed by atoms with E-state index in [1.807, 2.05) is 18.7 Å². The van der Waals surface area contributed by atoms with E-state index >= 15 is 0 Å². The smallest absolute Gasteiger partial charge is 0.326 e. The average molecular weight is 321 g/mol. The zero-order valence-electron chi connectivity index (χ0n) is 13.7. The Labute approximate surface area is 135 Å². The molecule has 2 rings (SSSR count). The van der Waals surface area contributed by atoms with E-state index in [2.05, 4.69) is 15.3 Å². The fourth-order valence-corrected chi connectivity index (χ4v) is 2.42. The summed E-state index contributed by atoms with van der Waals surface area (Å²) in [5.74, 6) is 0.452. The van der Waals surface area contributed by atoms with Crippen molar-refractivity contribution >= 4 is 23.5 Å². The van der Waals surface area contributed by atoms with E-state index < -0.39 is 12.0 Å². The number of hydrogen-bond donors (Lipinski definition) is 2. The number of likely N-dealkylation sites (N-methyl/N-ethyl adjacent to an activating group) is 1. The summed E-state index contributed by atoms with van der Waals surface area (Å²) in [5.41, 5.74) is 0. The maximum atomic E-state index is 11.8. The van der Waals surface area contributed by atoms with E-state index in [-0.39, 0.29) is 18.4 Å². The van der Waals surface area contributed by atoms with Gasteiger partial charge in [0, 0.05) is 26.2 Å². The molecule has 1 aromatic heterocycles. The van der Waals surface area contributed by atoms with Gasteiger partial charge in [0.15, 0.2) is 0 Å². The molecule has 8 heteroatoms. The maximum Gasteiger partial charge on any atom is 0.326 e. The molecule has 2 heterocycles. The molecule has 1 aliphatic rings. The number of carbonyl (C=O) groups is 2. The van der Waals surface area contributed by atoms with Gasteiger partial charge in [-0.25, -0.2) is 14.8 Å². The Morgan fingerprint density at radius 2 is 2.13 bits per heavy atom. The van der Waals surface area contributed by atoms with Gasteiger partial charge in [-0.1, -0.05) is 13.8 Å². The Morgan fingerprint density at radius 3 is 2.74 bits per heavy atom. The summed E-state index contributed by atoms with van der Waals surface area (Å²) in [4.78, 5) is 35.0. The first-order valence-electron chi connectivity index (χ1n) is 7.67. The van der Waals surface area contributed by atoms with Crippen LogP contribution in [0.25, 0.3) is 0 Å². The van der Waals surface area contributed by atoms with E-state index in [0.29, 0.717) is 31.1 Å². The van der Waals surface area contributed by atoms with E-state index in [4.69, 9.17) is 0 Å². The average Bonchev–Trinajstić information content (AvgIpc) is 2.49. The molecule has 0 saturated carbocycles. The Kier molecular flexibility index (Phi) is 5.36. The number of piperazine rings is 1. The summed E-state index contributed by atoms with van der Waals surface area (Å²) < 4.78 is 0. The van der Waals surface area contributed by atoms with Gasteiger partial charge in [-0.15, -0.1) is 0 Å². The fourth-order valence-electron chi connectivity index (χ4n) is 2.42. The van der Waals surface area contributed by atoms with Crippen LogP contribution in [0.3, 0.4) is 0 Å². The number of carboxylic acid groups (broad SMARTS) is 1. The molecule has 1 atom stereocenters. The number of anilines is 2. The molecule has 1 saturated heterocycles. The summed E-state index contributed by atoms with van der Waals surface area (Å²) in [6, 6.07) is 0.987. The molecule has 126 valence electrons. The zero-order valence-corrected chi connectivity index (χ0v) is 13.7. The lowest BCUT2D eigenvalue weighted by Crippen LogP contribution is -2.48. The molecule has 2 N–H and O–H groups in total. The van der Waals surface area contributed by atoms with Crippen LogP contribution in [0.1, 0.15) is 20.3 Å². The summed E-state index contributed by atoms with van der Waals surface area (Å²) in [6.07, 6.45) is 1.89. The summed E-state index contributed by atoms with van der Waals surface area (Å²) in [5, 5.41) is 12.2. The Morgan fingerprint density at radius 1 is 1.39 bits per heavy atom. The van der Waals surface area contributed by atoms with Crippen LogP contribution in [0.4, 0.5) is 11.6 Å². The third-order valence-corrected chi connectivity index (χ3v) is 3.76. The third kappa shape index (κ3) is 4.54. The molecule has 0 aliphatic carbocycles. The number of rotatable bonds is 6. The minimum atomic E-state index is -0.909. The van der Waals surface area contributed by atoms with Crippen molar-refractivity contribution in [3.63, 3.8) is 0 Å². The lowest BCUT2D eigenvalue weighted by atomic mass is 10.0. The minimum Gasteiger partial charge on any atom is -0.480 e. The van der Waals surface area contributed by atoms with Gasteiger partial charge in [0.2, 0.25) is 5.91 Å². The van der Waals surface area contributed by atoms with Crippen LogP contribution in [-0.4, -0.2) is 64.6 Å². The Balaban J connectivity index is 2.10. The molecule has 1 fully saturated rings. The van der Waals surface area contributed by atoms with Crippen LogP contribution < -0.4 is 10.2 Å². The van der Waals surface area contributed by atoms with Gasteiger partial charge < -0.3 is 20.2 Å². The first kappa shape index (κ1) is 17.0. The number of carbonyl (C=O) groups excluding carboxylic acids is 1. The van der Waals surface area contributed by atoms with E-state index in [1.54, 1.807) is 18.0 Å². The standard InChI is InChI=1S/C15H23N5O3/c1-10(2)6-11(15(22)23)18-12-7-13(17-9-16-12)20-5-4-19(3)14(21)8-20/h7,9-11H,4-6,8H2,1-3H3,(H,22,23)(H,16,17,18)/t11-/m1/s1. The van der Waals surface area contributed by atoms with Crippen molar-refractivity contribution < 1.29 is 14.7 Å². The highest BCUT2D eigenvalue weighted by atomic mass is 16.4. The highest BCUT2D eigenvalue weighted by Gasteiger charge is 2.23. The topological polar surface area (TPSA) is 98.7 Å². The molecule has 23 heavy (non-hydrogen) atoms. The molecule has 0 radical (unpaired) electrons. The summed E-state index contributed by atoms with van der Waals surface area (Å²) in [6.45, 7) is 5.53. The van der Waals surface area contributed by atoms with E-state index in [9.17, 15) is 14.7 Å². The monoisotopic (exact) mass is 321 g/mol. The van der Waals surface area contributed by atoms with Gasteiger partial charge in [0.25, 0.3) is 0 Å². The van der Waals surface area contributed by atoms with Crippen LogP contribution in [0.15, 0.2) is 12.4 Å². The number of hydrogen-bond acceptors (Lipinski definition) is 6. The highest BCUT2D eigenvalue weighted by molar-refractivity contribution is 5.82. The largest absolute Gasteiger partial charge is 0.480 e. The second-order valence-electron chi connectivity index (χ2n) is 6.16. The first-order chi connectivity index (χ1) is 10.9. The van der Waals surface area contributed by atoms with Crippen molar-refractivity contribution in [1.82, 2.24) is 14.9 Å². The maximum absolute atomic E-state index is 11.8. The van der Waals surface area contributed by atoms with Crippen molar-refractivity contribution in [1.29, 1.82) is 0 Å². The Bertz CT molecular complexity index is 578. The van der Waals surface area contributed by atoms with Gasteiger partial charge in [-0.3, -0.25) is 4.79 Å². The molecule has 0 aromatic carbocycles. The molecule has 0 bridgehead atoms. The fraction of sp³-hybridized carbons (Fsp3) is 0.600. The van der Waals surface area contributed by atoms with Gasteiger partial charge in [0.1, 0.15) is 24.0 Å². The van der Waals surface area contributed by atoms with E-state index in [1.165, 1.54) is 6.33 Å². The first-order valence-corrected chi connectivity index (χ1v) is 7.67. The van der Waals surface area contributed by atoms with Crippen LogP contribution in [-0.2, 0) is 9.59 Å². The molecular formula is C15H23N5O3. The predicted molar refractivity (Wildman–Crippen MR) is 86.4 cm³/mol. The van der Waals surface area contributed by atoms with Crippen LogP contribution in [0.5, 0.6) is 0 Å². The van der Waals surface area contributed by atoms with E-state index in [0.717, 1.165) is 0 Å². The van der Waals surface area contributed by atoms with Crippen molar-refractivity contribution in [3.8, 4) is 0 Å². The van der Waals surface area contributed by atoms with Gasteiger partial charge in [0.05, 0.1) is 6.54 Å². The minimum absolute atomic E-state index is 0.0348. The van der Waals surface area contributed by atoms with Gasteiger partial charge in [-0.05, 0) is 12.3 Å². The molecule has 1 aromatic rings.